The summed E-state index contributed by atoms with van der Waals surface area (Å²) in [5, 5.41) is 3.41. The summed E-state index contributed by atoms with van der Waals surface area (Å²) in [4.78, 5) is 31.6. The number of ether oxygens (including phenoxy) is 4. The van der Waals surface area contributed by atoms with Crippen molar-refractivity contribution >= 4 is 33.4 Å². The molecule has 2 amide bonds. The second-order valence-electron chi connectivity index (χ2n) is 12.5. The second-order valence-corrected chi connectivity index (χ2v) is 13.5. The summed E-state index contributed by atoms with van der Waals surface area (Å²) < 4.78 is 23.4. The third-order valence-electron chi connectivity index (χ3n) is 8.08. The van der Waals surface area contributed by atoms with Crippen LogP contribution in [0.25, 0.3) is 10.1 Å². The molecule has 0 N–H and O–H groups in total. The Morgan fingerprint density at radius 2 is 1.79 bits per heavy atom. The highest BCUT2D eigenvalue weighted by Gasteiger charge is 2.43. The van der Waals surface area contributed by atoms with Crippen molar-refractivity contribution in [1.82, 2.24) is 9.80 Å². The highest BCUT2D eigenvalue weighted by atomic mass is 32.1. The number of fused-ring (bicyclic) bond motifs is 1. The number of hydrogen-bond acceptors (Lipinski definition) is 7. The third-order valence-corrected chi connectivity index (χ3v) is 9.06. The average Bonchev–Trinajstić information content (AvgIpc) is 3.74. The van der Waals surface area contributed by atoms with Gasteiger partial charge in [-0.25, -0.2) is 4.79 Å². The van der Waals surface area contributed by atoms with Gasteiger partial charge >= 0.3 is 6.09 Å². The number of benzene rings is 2. The zero-order valence-electron chi connectivity index (χ0n) is 26.0. The van der Waals surface area contributed by atoms with E-state index in [4.69, 9.17) is 18.9 Å². The lowest BCUT2D eigenvalue weighted by atomic mass is 9.79. The van der Waals surface area contributed by atoms with Gasteiger partial charge in [0.25, 0.3) is 0 Å². The van der Waals surface area contributed by atoms with Crippen molar-refractivity contribution in [1.29, 1.82) is 0 Å². The molecule has 2 atom stereocenters. The summed E-state index contributed by atoms with van der Waals surface area (Å²) in [5.74, 6) is 0.472. The number of hydrogen-bond donors (Lipinski definition) is 0. The first-order valence-corrected chi connectivity index (χ1v) is 16.0. The molecular formula is C34H44N2O6S. The number of likely N-dealkylation sites (tertiary alicyclic amines) is 1. The van der Waals surface area contributed by atoms with Gasteiger partial charge in [0, 0.05) is 43.4 Å². The van der Waals surface area contributed by atoms with Crippen molar-refractivity contribution in [2.75, 3.05) is 40.5 Å². The summed E-state index contributed by atoms with van der Waals surface area (Å²) in [7, 11) is 3.31. The van der Waals surface area contributed by atoms with Crippen LogP contribution < -0.4 is 4.74 Å². The fourth-order valence-corrected chi connectivity index (χ4v) is 6.91. The summed E-state index contributed by atoms with van der Waals surface area (Å²) in [6.07, 6.45) is 2.31. The Balaban J connectivity index is 1.43. The molecule has 2 heterocycles. The Bertz CT molecular complexity index is 1410. The van der Waals surface area contributed by atoms with Gasteiger partial charge in [0.1, 0.15) is 11.4 Å². The summed E-state index contributed by atoms with van der Waals surface area (Å²) >= 11 is 1.72. The molecule has 2 fully saturated rings. The number of rotatable bonds is 11. The van der Waals surface area contributed by atoms with E-state index in [2.05, 4.69) is 35.7 Å². The number of carbonyl (C=O) groups is 2. The number of methoxy groups -OCH3 is 2. The summed E-state index contributed by atoms with van der Waals surface area (Å²) in [5.41, 5.74) is 2.59. The van der Waals surface area contributed by atoms with Crippen molar-refractivity contribution in [3.05, 3.63) is 64.5 Å². The molecule has 3 aromatic rings. The Hall–Kier alpha value is -3.14. The molecule has 0 unspecified atom stereocenters. The number of thiophene rings is 1. The molecule has 5 rings (SSSR count). The molecule has 8 nitrogen and oxygen atoms in total. The Labute approximate surface area is 258 Å². The van der Waals surface area contributed by atoms with Crippen LogP contribution in [0, 0.1) is 5.92 Å². The maximum absolute atomic E-state index is 14.6. The van der Waals surface area contributed by atoms with Gasteiger partial charge in [0.05, 0.1) is 32.8 Å². The lowest BCUT2D eigenvalue weighted by Crippen LogP contribution is -2.51. The van der Waals surface area contributed by atoms with E-state index in [1.807, 2.05) is 37.8 Å². The summed E-state index contributed by atoms with van der Waals surface area (Å²) in [6.45, 7) is 8.46. The highest BCUT2D eigenvalue weighted by molar-refractivity contribution is 7.17. The predicted octanol–water partition coefficient (Wildman–Crippen LogP) is 6.60. The fraction of sp³-hybridized carbons (Fsp3) is 0.529. The minimum absolute atomic E-state index is 0.0126. The van der Waals surface area contributed by atoms with Gasteiger partial charge in [-0.2, -0.15) is 0 Å². The molecule has 1 aromatic heterocycles. The SMILES string of the molecule is COCCOCc1cc(CN(C(=O)[C@H]2CN(C(=O)OC(C)(C)C)CC[C@@H]2c2csc3ccccc23)C2CC2)cc(OC)c1. The van der Waals surface area contributed by atoms with E-state index >= 15 is 0 Å². The molecule has 43 heavy (non-hydrogen) atoms. The second kappa shape index (κ2) is 13.7. The average molecular weight is 609 g/mol. The number of carbonyl (C=O) groups excluding carboxylic acids is 2. The molecule has 1 aliphatic carbocycles. The third kappa shape index (κ3) is 7.88. The smallest absolute Gasteiger partial charge is 0.410 e. The van der Waals surface area contributed by atoms with Gasteiger partial charge in [-0.3, -0.25) is 4.79 Å². The maximum atomic E-state index is 14.6. The molecule has 1 saturated heterocycles. The first-order chi connectivity index (χ1) is 20.7. The van der Waals surface area contributed by atoms with E-state index in [0.717, 1.165) is 29.7 Å². The van der Waals surface area contributed by atoms with Gasteiger partial charge in [-0.15, -0.1) is 11.3 Å². The molecule has 232 valence electrons. The zero-order chi connectivity index (χ0) is 30.6. The maximum Gasteiger partial charge on any atom is 0.410 e. The van der Waals surface area contributed by atoms with E-state index in [1.165, 1.54) is 15.6 Å². The standard InChI is InChI=1S/C34H44N2O6S/c1-34(2,3)42-33(38)35-13-12-27(30-22-43-31-9-7-6-8-28(30)31)29(20-35)32(37)36(25-10-11-25)19-23-16-24(18-26(17-23)40-5)21-41-15-14-39-4/h6-9,16-18,22,25,27,29H,10-15,19-21H2,1-5H3/t27-,29-/m0/s1. The lowest BCUT2D eigenvalue weighted by Gasteiger charge is -2.40. The Morgan fingerprint density at radius 1 is 1.02 bits per heavy atom. The van der Waals surface area contributed by atoms with Crippen LogP contribution in [-0.2, 0) is 32.2 Å². The molecule has 1 saturated carbocycles. The first-order valence-electron chi connectivity index (χ1n) is 15.1. The quantitative estimate of drug-likeness (QED) is 0.228. The first kappa shape index (κ1) is 31.3. The van der Waals surface area contributed by atoms with Gasteiger partial charge in [0.2, 0.25) is 5.91 Å². The van der Waals surface area contributed by atoms with E-state index in [1.54, 1.807) is 30.5 Å². The molecule has 0 radical (unpaired) electrons. The van der Waals surface area contributed by atoms with Crippen molar-refractivity contribution in [3.63, 3.8) is 0 Å². The van der Waals surface area contributed by atoms with Gasteiger partial charge in [0.15, 0.2) is 0 Å². The Kier molecular flexibility index (Phi) is 9.94. The molecule has 0 spiro atoms. The van der Waals surface area contributed by atoms with Crippen LogP contribution in [0.2, 0.25) is 0 Å². The molecule has 2 aromatic carbocycles. The van der Waals surface area contributed by atoms with Crippen LogP contribution in [-0.4, -0.2) is 74.0 Å². The topological polar surface area (TPSA) is 77.5 Å². The van der Waals surface area contributed by atoms with Crippen LogP contribution in [0.15, 0.2) is 47.8 Å². The van der Waals surface area contributed by atoms with Crippen LogP contribution in [0.3, 0.4) is 0 Å². The van der Waals surface area contributed by atoms with Crippen LogP contribution in [0.5, 0.6) is 5.75 Å². The van der Waals surface area contributed by atoms with Gasteiger partial charge in [-0.05, 0) is 85.7 Å². The van der Waals surface area contributed by atoms with Crippen LogP contribution >= 0.6 is 11.3 Å². The van der Waals surface area contributed by atoms with Crippen molar-refractivity contribution in [2.45, 2.75) is 70.7 Å². The Morgan fingerprint density at radius 3 is 2.51 bits per heavy atom. The zero-order valence-corrected chi connectivity index (χ0v) is 26.8. The molecule has 9 heteroatoms. The van der Waals surface area contributed by atoms with Crippen molar-refractivity contribution < 1.29 is 28.5 Å². The lowest BCUT2D eigenvalue weighted by molar-refractivity contribution is -0.139. The number of amides is 2. The monoisotopic (exact) mass is 608 g/mol. The minimum Gasteiger partial charge on any atom is -0.497 e. The van der Waals surface area contributed by atoms with E-state index in [9.17, 15) is 9.59 Å². The highest BCUT2D eigenvalue weighted by Crippen LogP contribution is 2.42. The predicted molar refractivity (Wildman–Crippen MR) is 169 cm³/mol. The van der Waals surface area contributed by atoms with Gasteiger partial charge in [-0.1, -0.05) is 24.3 Å². The van der Waals surface area contributed by atoms with Crippen molar-refractivity contribution in [2.24, 2.45) is 5.92 Å². The largest absolute Gasteiger partial charge is 0.497 e. The number of piperidine rings is 1. The van der Waals surface area contributed by atoms with Gasteiger partial charge < -0.3 is 28.7 Å². The molecule has 2 aliphatic rings. The van der Waals surface area contributed by atoms with E-state index in [-0.39, 0.29) is 29.9 Å². The van der Waals surface area contributed by atoms with E-state index < -0.39 is 5.60 Å². The van der Waals surface area contributed by atoms with Crippen LogP contribution in [0.4, 0.5) is 4.79 Å². The minimum atomic E-state index is -0.603. The molecular weight excluding hydrogens is 564 g/mol. The molecule has 0 bridgehead atoms. The summed E-state index contributed by atoms with van der Waals surface area (Å²) in [6, 6.07) is 14.6. The normalized spacial score (nSPS) is 19.0. The molecule has 1 aliphatic heterocycles. The van der Waals surface area contributed by atoms with Crippen molar-refractivity contribution in [3.8, 4) is 5.75 Å². The fourth-order valence-electron chi connectivity index (χ4n) is 5.89. The van der Waals surface area contributed by atoms with Crippen LogP contribution in [0.1, 0.15) is 62.6 Å². The number of nitrogens with zero attached hydrogens (tertiary/aromatic N) is 2. The van der Waals surface area contributed by atoms with E-state index in [0.29, 0.717) is 45.9 Å².